The quantitative estimate of drug-likeness (QED) is 0.741. The molecule has 0 aromatic heterocycles. The molecule has 7 nitrogen and oxygen atoms in total. The second-order valence-electron chi connectivity index (χ2n) is 5.93. The summed E-state index contributed by atoms with van der Waals surface area (Å²) in [6.07, 6.45) is 0. The van der Waals surface area contributed by atoms with Gasteiger partial charge in [-0.2, -0.15) is 0 Å². The van der Waals surface area contributed by atoms with Crippen LogP contribution < -0.4 is 23.7 Å². The molecule has 27 heavy (non-hydrogen) atoms. The number of hydrogen-bond donors (Lipinski definition) is 1. The summed E-state index contributed by atoms with van der Waals surface area (Å²) in [5.74, 6) is 2.18. The van der Waals surface area contributed by atoms with E-state index >= 15 is 0 Å². The van der Waals surface area contributed by atoms with Crippen LogP contribution in [0, 0.1) is 0 Å². The Morgan fingerprint density at radius 3 is 2.44 bits per heavy atom. The third-order valence-electron chi connectivity index (χ3n) is 4.05. The van der Waals surface area contributed by atoms with Gasteiger partial charge in [-0.05, 0) is 50.6 Å². The largest absolute Gasteiger partial charge is 0.490 e. The molecule has 1 aliphatic rings. The SMILES string of the molecule is CCOc1ccc(S(=O)(=O)NC(C)c2ccc3c(c2)OCO3)cc1OCC. The molecule has 0 saturated heterocycles. The normalized spacial score (nSPS) is 14.0. The number of ether oxygens (including phenoxy) is 4. The first-order valence-corrected chi connectivity index (χ1v) is 10.2. The molecule has 1 atom stereocenters. The van der Waals surface area contributed by atoms with Crippen LogP contribution in [0.5, 0.6) is 23.0 Å². The molecule has 0 spiro atoms. The second kappa shape index (κ2) is 8.06. The number of rotatable bonds is 8. The van der Waals surface area contributed by atoms with Crippen molar-refractivity contribution in [2.75, 3.05) is 20.0 Å². The van der Waals surface area contributed by atoms with Crippen LogP contribution >= 0.6 is 0 Å². The van der Waals surface area contributed by atoms with Gasteiger partial charge in [-0.3, -0.25) is 0 Å². The van der Waals surface area contributed by atoms with Crippen LogP contribution in [0.2, 0.25) is 0 Å². The number of nitrogens with one attached hydrogen (secondary N) is 1. The maximum absolute atomic E-state index is 12.8. The first-order chi connectivity index (χ1) is 12.9. The molecule has 1 heterocycles. The van der Waals surface area contributed by atoms with E-state index in [4.69, 9.17) is 18.9 Å². The van der Waals surface area contributed by atoms with Gasteiger partial charge in [-0.1, -0.05) is 6.07 Å². The summed E-state index contributed by atoms with van der Waals surface area (Å²) in [4.78, 5) is 0.113. The molecular weight excluding hydrogens is 370 g/mol. The fourth-order valence-corrected chi connectivity index (χ4v) is 4.00. The third kappa shape index (κ3) is 4.28. The van der Waals surface area contributed by atoms with E-state index in [1.54, 1.807) is 25.1 Å². The van der Waals surface area contributed by atoms with Crippen molar-refractivity contribution in [3.8, 4) is 23.0 Å². The lowest BCUT2D eigenvalue weighted by molar-refractivity contribution is 0.174. The Hall–Kier alpha value is -2.45. The van der Waals surface area contributed by atoms with Gasteiger partial charge in [0.05, 0.1) is 18.1 Å². The van der Waals surface area contributed by atoms with Crippen molar-refractivity contribution in [3.63, 3.8) is 0 Å². The molecule has 0 fully saturated rings. The molecule has 1 N–H and O–H groups in total. The predicted molar refractivity (Wildman–Crippen MR) is 100 cm³/mol. The Morgan fingerprint density at radius 1 is 1.00 bits per heavy atom. The first-order valence-electron chi connectivity index (χ1n) is 8.76. The van der Waals surface area contributed by atoms with E-state index in [2.05, 4.69) is 4.72 Å². The van der Waals surface area contributed by atoms with E-state index in [1.807, 2.05) is 19.9 Å². The molecule has 1 unspecified atom stereocenters. The molecule has 0 bridgehead atoms. The van der Waals surface area contributed by atoms with Crippen LogP contribution in [-0.4, -0.2) is 28.4 Å². The summed E-state index contributed by atoms with van der Waals surface area (Å²) >= 11 is 0. The number of sulfonamides is 1. The Balaban J connectivity index is 1.82. The van der Waals surface area contributed by atoms with Gasteiger partial charge in [-0.25, -0.2) is 13.1 Å². The van der Waals surface area contributed by atoms with Crippen LogP contribution in [0.1, 0.15) is 32.4 Å². The minimum atomic E-state index is -3.75. The lowest BCUT2D eigenvalue weighted by Crippen LogP contribution is -2.27. The Morgan fingerprint density at radius 2 is 1.70 bits per heavy atom. The zero-order valence-corrected chi connectivity index (χ0v) is 16.3. The molecule has 2 aromatic carbocycles. The zero-order chi connectivity index (χ0) is 19.4. The molecule has 2 aromatic rings. The number of hydrogen-bond acceptors (Lipinski definition) is 6. The highest BCUT2D eigenvalue weighted by Crippen LogP contribution is 2.35. The van der Waals surface area contributed by atoms with E-state index in [9.17, 15) is 8.42 Å². The summed E-state index contributed by atoms with van der Waals surface area (Å²) < 4.78 is 49.9. The fourth-order valence-electron chi connectivity index (χ4n) is 2.75. The van der Waals surface area contributed by atoms with Gasteiger partial charge in [0.2, 0.25) is 16.8 Å². The monoisotopic (exact) mass is 393 g/mol. The van der Waals surface area contributed by atoms with Crippen molar-refractivity contribution in [2.24, 2.45) is 0 Å². The summed E-state index contributed by atoms with van der Waals surface area (Å²) in [6, 6.07) is 9.49. The van der Waals surface area contributed by atoms with Crippen molar-refractivity contribution in [2.45, 2.75) is 31.7 Å². The third-order valence-corrected chi connectivity index (χ3v) is 5.59. The smallest absolute Gasteiger partial charge is 0.241 e. The summed E-state index contributed by atoms with van der Waals surface area (Å²) in [5, 5.41) is 0. The van der Waals surface area contributed by atoms with Crippen LogP contribution in [-0.2, 0) is 10.0 Å². The molecule has 0 radical (unpaired) electrons. The molecule has 8 heteroatoms. The standard InChI is InChI=1S/C19H23NO6S/c1-4-23-16-9-7-15(11-19(16)24-5-2)27(21,22)20-13(3)14-6-8-17-18(10-14)26-12-25-17/h6-11,13,20H,4-5,12H2,1-3H3. The zero-order valence-electron chi connectivity index (χ0n) is 15.5. The maximum Gasteiger partial charge on any atom is 0.241 e. The molecule has 0 amide bonds. The van der Waals surface area contributed by atoms with Crippen molar-refractivity contribution >= 4 is 10.0 Å². The topological polar surface area (TPSA) is 83.1 Å². The van der Waals surface area contributed by atoms with Gasteiger partial charge >= 0.3 is 0 Å². The minimum Gasteiger partial charge on any atom is -0.490 e. The van der Waals surface area contributed by atoms with Crippen LogP contribution in [0.25, 0.3) is 0 Å². The van der Waals surface area contributed by atoms with Crippen molar-refractivity contribution in [1.82, 2.24) is 4.72 Å². The van der Waals surface area contributed by atoms with Crippen molar-refractivity contribution in [3.05, 3.63) is 42.0 Å². The average Bonchev–Trinajstić information content (AvgIpc) is 3.11. The molecule has 1 aliphatic heterocycles. The van der Waals surface area contributed by atoms with Gasteiger partial charge in [0.1, 0.15) is 0 Å². The highest BCUT2D eigenvalue weighted by atomic mass is 32.2. The molecule has 0 aliphatic carbocycles. The molecule has 0 saturated carbocycles. The molecule has 146 valence electrons. The van der Waals surface area contributed by atoms with Crippen molar-refractivity contribution in [1.29, 1.82) is 0 Å². The lowest BCUT2D eigenvalue weighted by atomic mass is 10.1. The van der Waals surface area contributed by atoms with Gasteiger partial charge in [-0.15, -0.1) is 0 Å². The van der Waals surface area contributed by atoms with Crippen LogP contribution in [0.15, 0.2) is 41.3 Å². The summed E-state index contributed by atoms with van der Waals surface area (Å²) in [6.45, 7) is 6.50. The molecule has 3 rings (SSSR count). The first kappa shape index (κ1) is 19.3. The molecular formula is C19H23NO6S. The fraction of sp³-hybridized carbons (Fsp3) is 0.368. The Kier molecular flexibility index (Phi) is 5.76. The van der Waals surface area contributed by atoms with Crippen molar-refractivity contribution < 1.29 is 27.4 Å². The second-order valence-corrected chi connectivity index (χ2v) is 7.64. The number of fused-ring (bicyclic) bond motifs is 1. The Bertz CT molecular complexity index is 912. The van der Waals surface area contributed by atoms with E-state index in [0.717, 1.165) is 5.56 Å². The number of benzene rings is 2. The van der Waals surface area contributed by atoms with Gasteiger partial charge < -0.3 is 18.9 Å². The summed E-state index contributed by atoms with van der Waals surface area (Å²) in [5.41, 5.74) is 0.777. The van der Waals surface area contributed by atoms with E-state index in [1.165, 1.54) is 12.1 Å². The van der Waals surface area contributed by atoms with E-state index in [-0.39, 0.29) is 11.7 Å². The summed E-state index contributed by atoms with van der Waals surface area (Å²) in [7, 11) is -3.75. The van der Waals surface area contributed by atoms with Gasteiger partial charge in [0.15, 0.2) is 23.0 Å². The average molecular weight is 393 g/mol. The van der Waals surface area contributed by atoms with E-state index < -0.39 is 16.1 Å². The highest BCUT2D eigenvalue weighted by Gasteiger charge is 2.22. The predicted octanol–water partition coefficient (Wildman–Crippen LogP) is 3.25. The van der Waals surface area contributed by atoms with Crippen LogP contribution in [0.4, 0.5) is 0 Å². The van der Waals surface area contributed by atoms with Gasteiger partial charge in [0, 0.05) is 12.1 Å². The lowest BCUT2D eigenvalue weighted by Gasteiger charge is -2.17. The van der Waals surface area contributed by atoms with Gasteiger partial charge in [0.25, 0.3) is 0 Å². The Labute approximate surface area is 159 Å². The highest BCUT2D eigenvalue weighted by molar-refractivity contribution is 7.89. The maximum atomic E-state index is 12.8. The minimum absolute atomic E-state index is 0.113. The van der Waals surface area contributed by atoms with Crippen LogP contribution in [0.3, 0.4) is 0 Å². The van der Waals surface area contributed by atoms with E-state index in [0.29, 0.717) is 36.2 Å².